The van der Waals surface area contributed by atoms with Gasteiger partial charge in [-0.3, -0.25) is 0 Å². The van der Waals surface area contributed by atoms with E-state index in [0.29, 0.717) is 6.54 Å². The van der Waals surface area contributed by atoms with Gasteiger partial charge in [0, 0.05) is 9.13 Å². The van der Waals surface area contributed by atoms with E-state index in [1.807, 2.05) is 32.0 Å². The van der Waals surface area contributed by atoms with Gasteiger partial charge in [0.1, 0.15) is 11.6 Å². The molecule has 0 aliphatic rings. The largest absolute Gasteiger partial charge is 0.306 e. The SMILES string of the molecule is CCCNC(c1cccc(C)c1I)c1c(F)cccc1F. The maximum absolute atomic E-state index is 14.2. The molecule has 0 bridgehead atoms. The lowest BCUT2D eigenvalue weighted by Gasteiger charge is -2.22. The van der Waals surface area contributed by atoms with Crippen molar-refractivity contribution in [2.45, 2.75) is 26.3 Å². The van der Waals surface area contributed by atoms with Crippen LogP contribution in [0.2, 0.25) is 0 Å². The molecule has 2 rings (SSSR count). The Hall–Kier alpha value is -1.01. The third kappa shape index (κ3) is 3.61. The van der Waals surface area contributed by atoms with Crippen molar-refractivity contribution in [3.63, 3.8) is 0 Å². The maximum atomic E-state index is 14.2. The molecule has 1 atom stereocenters. The molecule has 0 fully saturated rings. The summed E-state index contributed by atoms with van der Waals surface area (Å²) >= 11 is 2.24. The van der Waals surface area contributed by atoms with E-state index in [2.05, 4.69) is 27.9 Å². The standard InChI is InChI=1S/C17H18F2IN/c1-3-10-21-17(12-7-4-6-11(2)16(12)20)15-13(18)8-5-9-14(15)19/h4-9,17,21H,3,10H2,1-2H3. The van der Waals surface area contributed by atoms with Crippen molar-refractivity contribution in [3.05, 3.63) is 68.3 Å². The minimum atomic E-state index is -0.513. The van der Waals surface area contributed by atoms with E-state index in [1.165, 1.54) is 18.2 Å². The smallest absolute Gasteiger partial charge is 0.131 e. The minimum absolute atomic E-state index is 0.0921. The highest BCUT2D eigenvalue weighted by atomic mass is 127. The summed E-state index contributed by atoms with van der Waals surface area (Å²) in [5.74, 6) is -1.03. The summed E-state index contributed by atoms with van der Waals surface area (Å²) in [4.78, 5) is 0. The van der Waals surface area contributed by atoms with Crippen molar-refractivity contribution in [1.82, 2.24) is 5.32 Å². The van der Waals surface area contributed by atoms with Crippen LogP contribution in [-0.4, -0.2) is 6.54 Å². The van der Waals surface area contributed by atoms with E-state index in [4.69, 9.17) is 0 Å². The summed E-state index contributed by atoms with van der Waals surface area (Å²) in [6, 6.07) is 9.38. The average molecular weight is 401 g/mol. The van der Waals surface area contributed by atoms with Crippen LogP contribution in [0.25, 0.3) is 0 Å². The van der Waals surface area contributed by atoms with Crippen LogP contribution >= 0.6 is 22.6 Å². The molecule has 0 aliphatic heterocycles. The number of hydrogen-bond acceptors (Lipinski definition) is 1. The first-order valence-corrected chi connectivity index (χ1v) is 8.06. The van der Waals surface area contributed by atoms with E-state index >= 15 is 0 Å². The van der Waals surface area contributed by atoms with Gasteiger partial charge in [0.25, 0.3) is 0 Å². The second kappa shape index (κ2) is 7.31. The van der Waals surface area contributed by atoms with Gasteiger partial charge in [0.15, 0.2) is 0 Å². The number of aryl methyl sites for hydroxylation is 1. The van der Waals surface area contributed by atoms with Crippen LogP contribution in [0.1, 0.15) is 36.1 Å². The zero-order valence-electron chi connectivity index (χ0n) is 12.1. The summed E-state index contributed by atoms with van der Waals surface area (Å²) in [5, 5.41) is 3.27. The number of benzene rings is 2. The van der Waals surface area contributed by atoms with Crippen LogP contribution in [0.4, 0.5) is 8.78 Å². The lowest BCUT2D eigenvalue weighted by molar-refractivity contribution is 0.502. The van der Waals surface area contributed by atoms with Gasteiger partial charge in [0.05, 0.1) is 6.04 Å². The van der Waals surface area contributed by atoms with Crippen LogP contribution in [0, 0.1) is 22.1 Å². The normalized spacial score (nSPS) is 12.4. The molecule has 2 aromatic carbocycles. The van der Waals surface area contributed by atoms with Crippen LogP contribution < -0.4 is 5.32 Å². The molecule has 0 spiro atoms. The Labute approximate surface area is 137 Å². The predicted octanol–water partition coefficient (Wildman–Crippen LogP) is 4.97. The summed E-state index contributed by atoms with van der Waals surface area (Å²) in [6.07, 6.45) is 0.898. The zero-order valence-corrected chi connectivity index (χ0v) is 14.2. The van der Waals surface area contributed by atoms with Crippen molar-refractivity contribution < 1.29 is 8.78 Å². The fourth-order valence-electron chi connectivity index (χ4n) is 2.34. The van der Waals surface area contributed by atoms with Crippen molar-refractivity contribution in [2.75, 3.05) is 6.54 Å². The predicted molar refractivity (Wildman–Crippen MR) is 90.4 cm³/mol. The first kappa shape index (κ1) is 16.4. The molecular formula is C17H18F2IN. The lowest BCUT2D eigenvalue weighted by Crippen LogP contribution is -2.26. The quantitative estimate of drug-likeness (QED) is 0.698. The van der Waals surface area contributed by atoms with Crippen LogP contribution in [-0.2, 0) is 0 Å². The van der Waals surface area contributed by atoms with Gasteiger partial charge in [-0.2, -0.15) is 0 Å². The van der Waals surface area contributed by atoms with E-state index < -0.39 is 17.7 Å². The summed E-state index contributed by atoms with van der Waals surface area (Å²) in [5.41, 5.74) is 2.11. The van der Waals surface area contributed by atoms with Crippen LogP contribution in [0.3, 0.4) is 0 Å². The van der Waals surface area contributed by atoms with Crippen molar-refractivity contribution in [2.24, 2.45) is 0 Å². The molecule has 4 heteroatoms. The maximum Gasteiger partial charge on any atom is 0.131 e. The van der Waals surface area contributed by atoms with Crippen molar-refractivity contribution in [1.29, 1.82) is 0 Å². The van der Waals surface area contributed by atoms with Gasteiger partial charge in [-0.1, -0.05) is 31.2 Å². The van der Waals surface area contributed by atoms with E-state index in [1.54, 1.807) is 0 Å². The van der Waals surface area contributed by atoms with Gasteiger partial charge in [0.2, 0.25) is 0 Å². The Morgan fingerprint density at radius 2 is 1.71 bits per heavy atom. The lowest BCUT2D eigenvalue weighted by atomic mass is 9.96. The molecule has 21 heavy (non-hydrogen) atoms. The first-order valence-electron chi connectivity index (χ1n) is 6.98. The van der Waals surface area contributed by atoms with Gasteiger partial charge in [-0.05, 0) is 65.7 Å². The van der Waals surface area contributed by atoms with Crippen molar-refractivity contribution in [3.8, 4) is 0 Å². The highest BCUT2D eigenvalue weighted by molar-refractivity contribution is 14.1. The van der Waals surface area contributed by atoms with Gasteiger partial charge >= 0.3 is 0 Å². The topological polar surface area (TPSA) is 12.0 Å². The molecule has 0 aromatic heterocycles. The number of halogens is 3. The Bertz CT molecular complexity index is 608. The molecule has 0 amide bonds. The van der Waals surface area contributed by atoms with Gasteiger partial charge in [-0.25, -0.2) is 8.78 Å². The van der Waals surface area contributed by atoms with E-state index in [0.717, 1.165) is 21.1 Å². The monoisotopic (exact) mass is 401 g/mol. The van der Waals surface area contributed by atoms with Crippen molar-refractivity contribution >= 4 is 22.6 Å². The molecule has 1 N–H and O–H groups in total. The molecule has 0 saturated carbocycles. The second-order valence-electron chi connectivity index (χ2n) is 5.00. The zero-order chi connectivity index (χ0) is 15.4. The Morgan fingerprint density at radius 1 is 1.10 bits per heavy atom. The van der Waals surface area contributed by atoms with E-state index in [-0.39, 0.29) is 5.56 Å². The molecule has 1 nitrogen and oxygen atoms in total. The Morgan fingerprint density at radius 3 is 2.33 bits per heavy atom. The summed E-state index contributed by atoms with van der Waals surface area (Å²) < 4.78 is 29.4. The van der Waals surface area contributed by atoms with Crippen LogP contribution in [0.15, 0.2) is 36.4 Å². The Balaban J connectivity index is 2.55. The minimum Gasteiger partial charge on any atom is -0.306 e. The fraction of sp³-hybridized carbons (Fsp3) is 0.294. The molecule has 112 valence electrons. The third-order valence-corrected chi connectivity index (χ3v) is 4.89. The average Bonchev–Trinajstić information content (AvgIpc) is 2.45. The summed E-state index contributed by atoms with van der Waals surface area (Å²) in [7, 11) is 0. The highest BCUT2D eigenvalue weighted by Gasteiger charge is 2.23. The first-order chi connectivity index (χ1) is 10.1. The van der Waals surface area contributed by atoms with E-state index in [9.17, 15) is 8.78 Å². The number of rotatable bonds is 5. The highest BCUT2D eigenvalue weighted by Crippen LogP contribution is 2.31. The summed E-state index contributed by atoms with van der Waals surface area (Å²) in [6.45, 7) is 4.73. The molecule has 2 aromatic rings. The van der Waals surface area contributed by atoms with Gasteiger partial charge < -0.3 is 5.32 Å². The number of nitrogens with one attached hydrogen (secondary N) is 1. The molecule has 1 unspecified atom stereocenters. The van der Waals surface area contributed by atoms with Crippen LogP contribution in [0.5, 0.6) is 0 Å². The molecule has 0 saturated heterocycles. The molecule has 0 aliphatic carbocycles. The third-order valence-electron chi connectivity index (χ3n) is 3.42. The second-order valence-corrected chi connectivity index (χ2v) is 6.08. The van der Waals surface area contributed by atoms with Gasteiger partial charge in [-0.15, -0.1) is 0 Å². The Kier molecular flexibility index (Phi) is 5.70. The molecular weight excluding hydrogens is 383 g/mol. The molecule has 0 heterocycles. The molecule has 0 radical (unpaired) electrons. The number of hydrogen-bond donors (Lipinski definition) is 1. The fourth-order valence-corrected chi connectivity index (χ4v) is 3.01.